The summed E-state index contributed by atoms with van der Waals surface area (Å²) in [5, 5.41) is 0. The van der Waals surface area contributed by atoms with E-state index in [0.717, 1.165) is 49.8 Å². The van der Waals surface area contributed by atoms with Gasteiger partial charge in [-0.15, -0.1) is 0 Å². The zero-order valence-corrected chi connectivity index (χ0v) is 24.1. The second kappa shape index (κ2) is 16.7. The summed E-state index contributed by atoms with van der Waals surface area (Å²) in [7, 11) is 0. The summed E-state index contributed by atoms with van der Waals surface area (Å²) in [5.41, 5.74) is 14.6. The molecule has 1 aliphatic rings. The lowest BCUT2D eigenvalue weighted by Gasteiger charge is -2.27. The third-order valence-corrected chi connectivity index (χ3v) is 7.41. The smallest absolute Gasteiger partial charge is 0.330 e. The predicted octanol–water partition coefficient (Wildman–Crippen LogP) is 7.05. The molecule has 40 heavy (non-hydrogen) atoms. The largest absolute Gasteiger partial charge is 0.462 e. The van der Waals surface area contributed by atoms with Gasteiger partial charge in [0.05, 0.1) is 18.6 Å². The summed E-state index contributed by atoms with van der Waals surface area (Å²) in [4.78, 5) is 24.9. The van der Waals surface area contributed by atoms with Gasteiger partial charge in [0.1, 0.15) is 5.75 Å². The minimum Gasteiger partial charge on any atom is -0.462 e. The van der Waals surface area contributed by atoms with E-state index in [4.69, 9.17) is 25.7 Å². The SMILES string of the molecule is CCCCCCCCOC1CCC(C(=O)Oc2ccc(/C=C/C(=O)OCC(C)c3cc(N)cc(N)c3)cc2)CC1. The molecule has 0 aliphatic heterocycles. The summed E-state index contributed by atoms with van der Waals surface area (Å²) >= 11 is 0. The van der Waals surface area contributed by atoms with Gasteiger partial charge in [-0.2, -0.15) is 0 Å². The zero-order valence-electron chi connectivity index (χ0n) is 24.1. The second-order valence-electron chi connectivity index (χ2n) is 10.9. The Bertz CT molecular complexity index is 1070. The number of carbonyl (C=O) groups excluding carboxylic acids is 2. The quantitative estimate of drug-likeness (QED) is 0.0802. The van der Waals surface area contributed by atoms with Gasteiger partial charge in [-0.25, -0.2) is 4.79 Å². The third kappa shape index (κ3) is 11.0. The zero-order chi connectivity index (χ0) is 28.7. The van der Waals surface area contributed by atoms with Gasteiger partial charge in [-0.1, -0.05) is 58.1 Å². The Morgan fingerprint density at radius 3 is 2.25 bits per heavy atom. The van der Waals surface area contributed by atoms with Crippen LogP contribution in [-0.4, -0.2) is 31.3 Å². The lowest BCUT2D eigenvalue weighted by atomic mass is 9.87. The maximum absolute atomic E-state index is 12.7. The number of ether oxygens (including phenoxy) is 3. The average Bonchev–Trinajstić information content (AvgIpc) is 2.94. The molecule has 0 aromatic heterocycles. The molecule has 1 unspecified atom stereocenters. The number of unbranched alkanes of at least 4 members (excludes halogenated alkanes) is 5. The molecule has 1 aliphatic carbocycles. The molecule has 1 saturated carbocycles. The lowest BCUT2D eigenvalue weighted by Crippen LogP contribution is -2.29. The first kappa shape index (κ1) is 31.2. The Morgan fingerprint density at radius 1 is 0.925 bits per heavy atom. The van der Waals surface area contributed by atoms with E-state index < -0.39 is 5.97 Å². The van der Waals surface area contributed by atoms with Crippen molar-refractivity contribution in [3.63, 3.8) is 0 Å². The molecule has 2 aromatic carbocycles. The highest BCUT2D eigenvalue weighted by molar-refractivity contribution is 5.87. The summed E-state index contributed by atoms with van der Waals surface area (Å²) in [6, 6.07) is 12.4. The number of hydrogen-bond donors (Lipinski definition) is 2. The van der Waals surface area contributed by atoms with E-state index >= 15 is 0 Å². The molecule has 4 N–H and O–H groups in total. The van der Waals surface area contributed by atoms with E-state index in [-0.39, 0.29) is 30.5 Å². The minimum atomic E-state index is -0.439. The normalized spacial score (nSPS) is 17.9. The van der Waals surface area contributed by atoms with Crippen molar-refractivity contribution >= 4 is 29.4 Å². The number of hydrogen-bond acceptors (Lipinski definition) is 7. The van der Waals surface area contributed by atoms with Crippen LogP contribution < -0.4 is 16.2 Å². The molecule has 1 fully saturated rings. The highest BCUT2D eigenvalue weighted by Crippen LogP contribution is 2.28. The van der Waals surface area contributed by atoms with E-state index in [1.54, 1.807) is 36.4 Å². The van der Waals surface area contributed by atoms with Gasteiger partial charge in [-0.05, 0) is 79.6 Å². The number of esters is 2. The maximum atomic E-state index is 12.7. The summed E-state index contributed by atoms with van der Waals surface area (Å²) in [6.45, 7) is 5.22. The van der Waals surface area contributed by atoms with Crippen LogP contribution in [0.1, 0.15) is 95.1 Å². The summed E-state index contributed by atoms with van der Waals surface area (Å²) < 4.78 is 17.0. The van der Waals surface area contributed by atoms with Gasteiger partial charge >= 0.3 is 11.9 Å². The average molecular weight is 551 g/mol. The van der Waals surface area contributed by atoms with Crippen LogP contribution in [0.2, 0.25) is 0 Å². The number of rotatable bonds is 15. The Labute approximate surface area is 239 Å². The Kier molecular flexibility index (Phi) is 13.0. The van der Waals surface area contributed by atoms with Crippen molar-refractivity contribution in [2.45, 2.75) is 90.1 Å². The molecule has 0 radical (unpaired) electrons. The van der Waals surface area contributed by atoms with E-state index in [1.165, 1.54) is 38.2 Å². The first-order valence-corrected chi connectivity index (χ1v) is 14.8. The van der Waals surface area contributed by atoms with Gasteiger partial charge in [0.15, 0.2) is 0 Å². The van der Waals surface area contributed by atoms with Gasteiger partial charge in [-0.3, -0.25) is 4.79 Å². The summed E-state index contributed by atoms with van der Waals surface area (Å²) in [5.74, 6) is -0.247. The lowest BCUT2D eigenvalue weighted by molar-refractivity contribution is -0.141. The molecule has 0 amide bonds. The van der Waals surface area contributed by atoms with Crippen molar-refractivity contribution in [2.75, 3.05) is 24.7 Å². The molecule has 7 nitrogen and oxygen atoms in total. The fourth-order valence-corrected chi connectivity index (χ4v) is 4.95. The molecule has 0 spiro atoms. The van der Waals surface area contributed by atoms with E-state index in [2.05, 4.69) is 6.92 Å². The first-order valence-electron chi connectivity index (χ1n) is 14.8. The van der Waals surface area contributed by atoms with Gasteiger partial charge in [0, 0.05) is 30.0 Å². The van der Waals surface area contributed by atoms with Gasteiger partial charge < -0.3 is 25.7 Å². The van der Waals surface area contributed by atoms with Crippen molar-refractivity contribution in [1.29, 1.82) is 0 Å². The first-order chi connectivity index (χ1) is 19.3. The molecule has 0 saturated heterocycles. The monoisotopic (exact) mass is 550 g/mol. The van der Waals surface area contributed by atoms with Crippen molar-refractivity contribution in [2.24, 2.45) is 5.92 Å². The van der Waals surface area contributed by atoms with Crippen LogP contribution in [0.3, 0.4) is 0 Å². The Morgan fingerprint density at radius 2 is 1.57 bits per heavy atom. The van der Waals surface area contributed by atoms with Crippen molar-refractivity contribution in [3.8, 4) is 5.75 Å². The minimum absolute atomic E-state index is 0.0372. The number of nitrogens with two attached hydrogens (primary N) is 2. The van der Waals surface area contributed by atoms with Crippen molar-refractivity contribution in [1.82, 2.24) is 0 Å². The Hall–Kier alpha value is -3.32. The van der Waals surface area contributed by atoms with Crippen LogP contribution >= 0.6 is 0 Å². The van der Waals surface area contributed by atoms with Crippen LogP contribution in [0.25, 0.3) is 6.08 Å². The Balaban J connectivity index is 1.34. The maximum Gasteiger partial charge on any atom is 0.330 e. The van der Waals surface area contributed by atoms with Crippen LogP contribution in [0.5, 0.6) is 5.75 Å². The van der Waals surface area contributed by atoms with Crippen LogP contribution in [0, 0.1) is 5.92 Å². The predicted molar refractivity (Wildman–Crippen MR) is 161 cm³/mol. The third-order valence-electron chi connectivity index (χ3n) is 7.41. The molecule has 0 bridgehead atoms. The van der Waals surface area contributed by atoms with Crippen LogP contribution in [0.15, 0.2) is 48.5 Å². The van der Waals surface area contributed by atoms with Crippen molar-refractivity contribution < 1.29 is 23.8 Å². The number of carbonyl (C=O) groups is 2. The highest BCUT2D eigenvalue weighted by atomic mass is 16.5. The second-order valence-corrected chi connectivity index (χ2v) is 10.9. The molecule has 0 heterocycles. The fraction of sp³-hybridized carbons (Fsp3) is 0.515. The number of nitrogen functional groups attached to an aromatic ring is 2. The molecular formula is C33H46N2O5. The van der Waals surface area contributed by atoms with Crippen LogP contribution in [-0.2, 0) is 19.1 Å². The fourth-order valence-electron chi connectivity index (χ4n) is 4.95. The van der Waals surface area contributed by atoms with E-state index in [9.17, 15) is 9.59 Å². The van der Waals surface area contributed by atoms with E-state index in [1.807, 2.05) is 19.1 Å². The number of benzene rings is 2. The molecule has 2 aromatic rings. The molecular weight excluding hydrogens is 504 g/mol. The molecule has 3 rings (SSSR count). The van der Waals surface area contributed by atoms with Gasteiger partial charge in [0.25, 0.3) is 0 Å². The topological polar surface area (TPSA) is 114 Å². The summed E-state index contributed by atoms with van der Waals surface area (Å²) in [6.07, 6.45) is 14.3. The molecule has 7 heteroatoms. The van der Waals surface area contributed by atoms with Crippen LogP contribution in [0.4, 0.5) is 11.4 Å². The number of anilines is 2. The molecule has 1 atom stereocenters. The van der Waals surface area contributed by atoms with Gasteiger partial charge in [0.2, 0.25) is 0 Å². The van der Waals surface area contributed by atoms with E-state index in [0.29, 0.717) is 17.1 Å². The van der Waals surface area contributed by atoms with Crippen molar-refractivity contribution in [3.05, 3.63) is 59.7 Å². The standard InChI is InChI=1S/C33H46N2O5/c1-3-4-5-6-7-8-19-38-30-16-12-26(13-17-30)33(37)40-31-14-9-25(10-15-31)11-18-32(36)39-23-24(2)27-20-28(34)22-29(35)21-27/h9-11,14-15,18,20-22,24,26,30H,3-8,12-13,16-17,19,23,34-35H2,1-2H3/b18-11+. The highest BCUT2D eigenvalue weighted by Gasteiger charge is 2.28. The molecule has 218 valence electrons.